The third-order valence-corrected chi connectivity index (χ3v) is 8.66. The second-order valence-electron chi connectivity index (χ2n) is 11.1. The molecule has 4 aliphatic rings. The maximum Gasteiger partial charge on any atom is 0.455 e. The highest BCUT2D eigenvalue weighted by atomic mass is 19.1. The normalized spacial score (nSPS) is 29.1. The van der Waals surface area contributed by atoms with Gasteiger partial charge in [0.05, 0.1) is 24.5 Å². The quantitative estimate of drug-likeness (QED) is 0.305. The van der Waals surface area contributed by atoms with Crippen LogP contribution >= 0.6 is 0 Å². The molecular formula is C28H35BFNO6. The number of amides is 2. The van der Waals surface area contributed by atoms with Gasteiger partial charge in [0.25, 0.3) is 0 Å². The van der Waals surface area contributed by atoms with Crippen molar-refractivity contribution in [3.8, 4) is 5.75 Å². The zero-order valence-electron chi connectivity index (χ0n) is 21.2. The van der Waals surface area contributed by atoms with Crippen LogP contribution in [-0.2, 0) is 14.2 Å². The van der Waals surface area contributed by atoms with Gasteiger partial charge >= 0.3 is 7.12 Å². The van der Waals surface area contributed by atoms with Gasteiger partial charge in [-0.2, -0.15) is 0 Å². The van der Waals surface area contributed by atoms with Crippen molar-refractivity contribution in [1.82, 2.24) is 4.90 Å². The average molecular weight is 511 g/mol. The Kier molecular flexibility index (Phi) is 7.57. The third-order valence-electron chi connectivity index (χ3n) is 8.66. The standard InChI is InChI=1S/C28H35BFNO6/c1-16(11-17-8-9-23(33)22(30)12-17)7-10-24-25-18(15-32)13-20-26(21(25)14-29(36)37-24)28(35)31(27(20)34)19-5-3-2-4-6-19/h8-9,11-12,19-21,24,26,32-33,36H,2-7,10,13-15H2,1H3/b16-11+/t20-,21+,24-,26-/m1/s1. The monoisotopic (exact) mass is 511 g/mol. The summed E-state index contributed by atoms with van der Waals surface area (Å²) in [5.41, 5.74) is 3.20. The second kappa shape index (κ2) is 10.7. The molecule has 198 valence electrons. The number of rotatable bonds is 6. The van der Waals surface area contributed by atoms with Crippen LogP contribution in [0.1, 0.15) is 63.9 Å². The van der Waals surface area contributed by atoms with Crippen LogP contribution in [0.3, 0.4) is 0 Å². The minimum atomic E-state index is -1.06. The lowest BCUT2D eigenvalue weighted by molar-refractivity contribution is -0.143. The molecule has 4 atom stereocenters. The number of allylic oxidation sites excluding steroid dienone is 1. The first-order valence-corrected chi connectivity index (χ1v) is 13.5. The van der Waals surface area contributed by atoms with E-state index in [-0.39, 0.29) is 36.7 Å². The molecule has 0 radical (unpaired) electrons. The van der Waals surface area contributed by atoms with Gasteiger partial charge in [0.1, 0.15) is 0 Å². The number of aliphatic hydroxyl groups is 1. The molecule has 0 bridgehead atoms. The van der Waals surface area contributed by atoms with Crippen molar-refractivity contribution >= 4 is 25.0 Å². The highest BCUT2D eigenvalue weighted by molar-refractivity contribution is 6.43. The van der Waals surface area contributed by atoms with Crippen LogP contribution < -0.4 is 0 Å². The van der Waals surface area contributed by atoms with Crippen molar-refractivity contribution in [2.75, 3.05) is 6.61 Å². The van der Waals surface area contributed by atoms with Crippen molar-refractivity contribution < 1.29 is 33.9 Å². The smallest absolute Gasteiger partial charge is 0.455 e. The van der Waals surface area contributed by atoms with E-state index in [0.29, 0.717) is 24.8 Å². The number of phenolic OH excluding ortho intramolecular Hbond substituents is 1. The number of aromatic hydroxyl groups is 1. The molecule has 2 aliphatic carbocycles. The number of nitrogens with zero attached hydrogens (tertiary/aromatic N) is 1. The van der Waals surface area contributed by atoms with Gasteiger partial charge in [-0.25, -0.2) is 4.39 Å². The summed E-state index contributed by atoms with van der Waals surface area (Å²) in [6.07, 6.45) is 7.89. The molecule has 9 heteroatoms. The lowest BCUT2D eigenvalue weighted by Gasteiger charge is -2.43. The van der Waals surface area contributed by atoms with E-state index in [9.17, 15) is 29.2 Å². The van der Waals surface area contributed by atoms with Gasteiger partial charge in [-0.3, -0.25) is 14.5 Å². The van der Waals surface area contributed by atoms with Gasteiger partial charge in [-0.05, 0) is 80.1 Å². The van der Waals surface area contributed by atoms with Crippen molar-refractivity contribution in [1.29, 1.82) is 0 Å². The number of imide groups is 1. The number of fused-ring (bicyclic) bond motifs is 3. The van der Waals surface area contributed by atoms with E-state index in [1.54, 1.807) is 6.07 Å². The summed E-state index contributed by atoms with van der Waals surface area (Å²) in [5, 5.41) is 30.3. The number of halogens is 1. The molecule has 3 fully saturated rings. The van der Waals surface area contributed by atoms with Gasteiger partial charge in [0, 0.05) is 6.04 Å². The first-order valence-electron chi connectivity index (χ1n) is 13.5. The van der Waals surface area contributed by atoms with Crippen LogP contribution in [0.5, 0.6) is 5.75 Å². The van der Waals surface area contributed by atoms with Crippen LogP contribution in [0.4, 0.5) is 4.39 Å². The summed E-state index contributed by atoms with van der Waals surface area (Å²) in [7, 11) is -1.06. The molecule has 2 saturated heterocycles. The van der Waals surface area contributed by atoms with Crippen LogP contribution in [0, 0.1) is 23.6 Å². The summed E-state index contributed by atoms with van der Waals surface area (Å²) in [5.74, 6) is -2.67. The van der Waals surface area contributed by atoms with Crippen molar-refractivity contribution in [2.45, 2.75) is 76.8 Å². The molecule has 5 rings (SSSR count). The first kappa shape index (κ1) is 26.1. The Balaban J connectivity index is 1.37. The number of carbonyl (C=O) groups excluding carboxylic acids is 2. The van der Waals surface area contributed by atoms with E-state index in [2.05, 4.69) is 0 Å². The number of carbonyl (C=O) groups is 2. The zero-order valence-corrected chi connectivity index (χ0v) is 21.2. The molecule has 7 nitrogen and oxygen atoms in total. The molecule has 2 aliphatic heterocycles. The van der Waals surface area contributed by atoms with Crippen molar-refractivity contribution in [3.63, 3.8) is 0 Å². The number of aliphatic hydroxyl groups excluding tert-OH is 1. The van der Waals surface area contributed by atoms with Crippen molar-refractivity contribution in [2.24, 2.45) is 17.8 Å². The molecule has 37 heavy (non-hydrogen) atoms. The van der Waals surface area contributed by atoms with Gasteiger partial charge in [-0.1, -0.05) is 37.0 Å². The van der Waals surface area contributed by atoms with E-state index in [1.165, 1.54) is 17.0 Å². The van der Waals surface area contributed by atoms with Crippen LogP contribution in [0.2, 0.25) is 6.32 Å². The fourth-order valence-corrected chi connectivity index (χ4v) is 6.96. The number of hydrogen-bond acceptors (Lipinski definition) is 6. The summed E-state index contributed by atoms with van der Waals surface area (Å²) in [6, 6.07) is 4.17. The molecule has 3 N–H and O–H groups in total. The summed E-state index contributed by atoms with van der Waals surface area (Å²) >= 11 is 0. The van der Waals surface area contributed by atoms with Gasteiger partial charge in [0.2, 0.25) is 11.8 Å². The van der Waals surface area contributed by atoms with Gasteiger partial charge in [0.15, 0.2) is 11.6 Å². The Bertz CT molecular complexity index is 1130. The number of hydrogen-bond donors (Lipinski definition) is 3. The van der Waals surface area contributed by atoms with Gasteiger partial charge in [-0.15, -0.1) is 0 Å². The predicted molar refractivity (Wildman–Crippen MR) is 137 cm³/mol. The van der Waals surface area contributed by atoms with Gasteiger partial charge < -0.3 is 19.9 Å². The predicted octanol–water partition coefficient (Wildman–Crippen LogP) is 3.84. The zero-order chi connectivity index (χ0) is 26.3. The Morgan fingerprint density at radius 2 is 1.95 bits per heavy atom. The molecule has 0 aromatic heterocycles. The Morgan fingerprint density at radius 1 is 1.19 bits per heavy atom. The van der Waals surface area contributed by atoms with E-state index in [4.69, 9.17) is 4.65 Å². The molecular weight excluding hydrogens is 476 g/mol. The lowest BCUT2D eigenvalue weighted by Crippen LogP contribution is -2.47. The molecule has 0 spiro atoms. The number of phenols is 1. The largest absolute Gasteiger partial charge is 0.505 e. The molecule has 1 saturated carbocycles. The Hall–Kier alpha value is -2.49. The molecule has 1 aromatic rings. The van der Waals surface area contributed by atoms with E-state index in [1.807, 2.05) is 13.0 Å². The minimum Gasteiger partial charge on any atom is -0.505 e. The topological polar surface area (TPSA) is 107 Å². The fourth-order valence-electron chi connectivity index (χ4n) is 6.96. The minimum absolute atomic E-state index is 0.0431. The maximum atomic E-state index is 13.7. The maximum absolute atomic E-state index is 13.7. The van der Waals surface area contributed by atoms with Crippen molar-refractivity contribution in [3.05, 3.63) is 46.3 Å². The fraction of sp³-hybridized carbons (Fsp3) is 0.571. The van der Waals surface area contributed by atoms with Crippen LogP contribution in [0.25, 0.3) is 6.08 Å². The summed E-state index contributed by atoms with van der Waals surface area (Å²) in [6.45, 7) is 1.71. The molecule has 2 heterocycles. The van der Waals surface area contributed by atoms with Crippen LogP contribution in [0.15, 0.2) is 34.9 Å². The average Bonchev–Trinajstić information content (AvgIpc) is 3.14. The molecule has 0 unspecified atom stereocenters. The highest BCUT2D eigenvalue weighted by Gasteiger charge is 2.58. The Labute approximate surface area is 217 Å². The van der Waals surface area contributed by atoms with E-state index < -0.39 is 36.6 Å². The van der Waals surface area contributed by atoms with Crippen LogP contribution in [-0.4, -0.2) is 57.8 Å². The summed E-state index contributed by atoms with van der Waals surface area (Å²) < 4.78 is 19.7. The molecule has 1 aromatic carbocycles. The number of benzene rings is 1. The third kappa shape index (κ3) is 5.01. The van der Waals surface area contributed by atoms with E-state index in [0.717, 1.165) is 48.8 Å². The Morgan fingerprint density at radius 3 is 2.65 bits per heavy atom. The second-order valence-corrected chi connectivity index (χ2v) is 11.1. The number of likely N-dealkylation sites (tertiary alicyclic amines) is 1. The van der Waals surface area contributed by atoms with E-state index >= 15 is 0 Å². The highest BCUT2D eigenvalue weighted by Crippen LogP contribution is 2.51. The SMILES string of the molecule is C/C(=C\c1ccc(O)c(F)c1)CC[C@H]1OB(O)C[C@H]2C1=C(CO)C[C@H]1C(=O)N(C3CCCCC3)C(=O)[C@H]12. The summed E-state index contributed by atoms with van der Waals surface area (Å²) in [4.78, 5) is 28.6. The molecule has 2 amide bonds. The lowest BCUT2D eigenvalue weighted by atomic mass is 9.58. The first-order chi connectivity index (χ1) is 17.8.